The second-order valence-electron chi connectivity index (χ2n) is 3.26. The molecule has 0 spiro atoms. The van der Waals surface area contributed by atoms with E-state index in [4.69, 9.17) is 26.2 Å². The third-order valence-electron chi connectivity index (χ3n) is 1.51. The standard InChI is InChI=1S/C6H14N2O3.C3H8O2.CH4/c7-6(11)1-2-8-5(3-9)4-10;1-3(5)2-4;/h5,8-10H,1-4H2,(H2,7,11);3-5H,2H2,1H3;1H4. The molecule has 0 aromatic rings. The molecule has 0 saturated carbocycles. The van der Waals surface area contributed by atoms with Gasteiger partial charge >= 0.3 is 0 Å². The molecular formula is C10H26N2O5. The van der Waals surface area contributed by atoms with Crippen LogP contribution in [0.4, 0.5) is 0 Å². The smallest absolute Gasteiger partial charge is 0.218 e. The van der Waals surface area contributed by atoms with Crippen molar-refractivity contribution in [2.75, 3.05) is 26.4 Å². The molecule has 1 amide bonds. The predicted octanol–water partition coefficient (Wildman–Crippen LogP) is -2.20. The number of amides is 1. The van der Waals surface area contributed by atoms with Crippen molar-refractivity contribution in [2.24, 2.45) is 5.73 Å². The third kappa shape index (κ3) is 21.2. The summed E-state index contributed by atoms with van der Waals surface area (Å²) in [5.41, 5.74) is 4.86. The summed E-state index contributed by atoms with van der Waals surface area (Å²) in [6.07, 6.45) is -0.341. The highest BCUT2D eigenvalue weighted by atomic mass is 16.3. The molecule has 0 radical (unpaired) electrons. The van der Waals surface area contributed by atoms with Gasteiger partial charge in [-0.1, -0.05) is 7.43 Å². The minimum atomic E-state index is -0.560. The lowest BCUT2D eigenvalue weighted by molar-refractivity contribution is -0.117. The molecule has 0 aromatic carbocycles. The molecule has 17 heavy (non-hydrogen) atoms. The van der Waals surface area contributed by atoms with Gasteiger partial charge in [0.05, 0.1) is 32.0 Å². The molecule has 7 N–H and O–H groups in total. The van der Waals surface area contributed by atoms with E-state index in [2.05, 4.69) is 5.32 Å². The molecule has 106 valence electrons. The fraction of sp³-hybridized carbons (Fsp3) is 0.900. The maximum atomic E-state index is 10.2. The largest absolute Gasteiger partial charge is 0.395 e. The van der Waals surface area contributed by atoms with E-state index < -0.39 is 12.0 Å². The van der Waals surface area contributed by atoms with Crippen molar-refractivity contribution in [3.05, 3.63) is 0 Å². The van der Waals surface area contributed by atoms with Crippen LogP contribution in [0.25, 0.3) is 0 Å². The second kappa shape index (κ2) is 15.3. The van der Waals surface area contributed by atoms with Crippen LogP contribution < -0.4 is 11.1 Å². The van der Waals surface area contributed by atoms with E-state index in [9.17, 15) is 4.79 Å². The van der Waals surface area contributed by atoms with Gasteiger partial charge in [0.1, 0.15) is 0 Å². The van der Waals surface area contributed by atoms with Crippen LogP contribution >= 0.6 is 0 Å². The number of carbonyl (C=O) groups excluding carboxylic acids is 1. The maximum absolute atomic E-state index is 10.2. The Kier molecular flexibility index (Phi) is 19.4. The molecule has 0 saturated heterocycles. The number of hydrogen-bond acceptors (Lipinski definition) is 6. The highest BCUT2D eigenvalue weighted by Crippen LogP contribution is 1.80. The first kappa shape index (κ1) is 21.5. The minimum Gasteiger partial charge on any atom is -0.395 e. The number of nitrogens with two attached hydrogens (primary N) is 1. The number of rotatable bonds is 7. The van der Waals surface area contributed by atoms with E-state index >= 15 is 0 Å². The number of hydrogen-bond donors (Lipinski definition) is 6. The molecule has 1 unspecified atom stereocenters. The monoisotopic (exact) mass is 254 g/mol. The summed E-state index contributed by atoms with van der Waals surface area (Å²) in [7, 11) is 0. The van der Waals surface area contributed by atoms with Crippen molar-refractivity contribution in [3.8, 4) is 0 Å². The Hall–Kier alpha value is -0.730. The number of primary amides is 1. The Labute approximate surface area is 102 Å². The average molecular weight is 254 g/mol. The third-order valence-corrected chi connectivity index (χ3v) is 1.51. The molecule has 0 aromatic heterocycles. The van der Waals surface area contributed by atoms with Crippen LogP contribution in [0.1, 0.15) is 20.8 Å². The van der Waals surface area contributed by atoms with Gasteiger partial charge in [0.25, 0.3) is 0 Å². The Morgan fingerprint density at radius 1 is 1.24 bits per heavy atom. The summed E-state index contributed by atoms with van der Waals surface area (Å²) in [6.45, 7) is 1.49. The first-order valence-electron chi connectivity index (χ1n) is 5.00. The fourth-order valence-electron chi connectivity index (χ4n) is 0.586. The van der Waals surface area contributed by atoms with Crippen LogP contribution in [0.5, 0.6) is 0 Å². The lowest BCUT2D eigenvalue weighted by Crippen LogP contribution is -2.37. The van der Waals surface area contributed by atoms with Crippen molar-refractivity contribution in [2.45, 2.75) is 32.9 Å². The molecular weight excluding hydrogens is 228 g/mol. The highest BCUT2D eigenvalue weighted by Gasteiger charge is 2.03. The van der Waals surface area contributed by atoms with Crippen LogP contribution in [-0.4, -0.2) is 64.8 Å². The van der Waals surface area contributed by atoms with E-state index in [-0.39, 0.29) is 39.7 Å². The van der Waals surface area contributed by atoms with Crippen LogP contribution in [0.15, 0.2) is 0 Å². The Balaban J connectivity index is -0.000000280. The van der Waals surface area contributed by atoms with Gasteiger partial charge in [-0.05, 0) is 6.92 Å². The molecule has 0 bridgehead atoms. The minimum absolute atomic E-state index is 0. The Morgan fingerprint density at radius 2 is 1.65 bits per heavy atom. The van der Waals surface area contributed by atoms with Gasteiger partial charge in [0.2, 0.25) is 5.91 Å². The molecule has 0 fully saturated rings. The van der Waals surface area contributed by atoms with E-state index in [0.717, 1.165) is 0 Å². The highest BCUT2D eigenvalue weighted by molar-refractivity contribution is 5.73. The molecule has 0 heterocycles. The first-order chi connectivity index (χ1) is 7.47. The number of carbonyl (C=O) groups is 1. The summed E-state index contributed by atoms with van der Waals surface area (Å²) in [6, 6.07) is -0.352. The fourth-order valence-corrected chi connectivity index (χ4v) is 0.586. The average Bonchev–Trinajstić information content (AvgIpc) is 2.25. The molecule has 0 aliphatic rings. The second-order valence-corrected chi connectivity index (χ2v) is 3.26. The van der Waals surface area contributed by atoms with Crippen LogP contribution in [0.2, 0.25) is 0 Å². The number of aliphatic hydroxyl groups is 4. The maximum Gasteiger partial charge on any atom is 0.218 e. The van der Waals surface area contributed by atoms with Gasteiger partial charge < -0.3 is 31.5 Å². The number of nitrogens with one attached hydrogen (secondary N) is 1. The lowest BCUT2D eigenvalue weighted by Gasteiger charge is -2.11. The van der Waals surface area contributed by atoms with E-state index in [1.807, 2.05) is 0 Å². The summed E-state index contributed by atoms with van der Waals surface area (Å²) in [5, 5.41) is 35.9. The zero-order chi connectivity index (χ0) is 13.0. The van der Waals surface area contributed by atoms with Crippen molar-refractivity contribution in [1.29, 1.82) is 0 Å². The normalized spacial score (nSPS) is 11.2. The summed E-state index contributed by atoms with van der Waals surface area (Å²) in [4.78, 5) is 10.2. The van der Waals surface area contributed by atoms with Gasteiger partial charge in [-0.25, -0.2) is 0 Å². The number of aliphatic hydroxyl groups excluding tert-OH is 4. The van der Waals surface area contributed by atoms with Gasteiger partial charge in [0, 0.05) is 13.0 Å². The molecule has 0 rings (SSSR count). The van der Waals surface area contributed by atoms with Gasteiger partial charge in [-0.15, -0.1) is 0 Å². The zero-order valence-corrected chi connectivity index (χ0v) is 9.46. The predicted molar refractivity (Wildman–Crippen MR) is 65.3 cm³/mol. The molecule has 0 aliphatic heterocycles. The van der Waals surface area contributed by atoms with E-state index in [1.165, 1.54) is 6.92 Å². The molecule has 0 aliphatic carbocycles. The SMILES string of the molecule is C.CC(O)CO.NC(=O)CCNC(CO)CO. The van der Waals surface area contributed by atoms with Gasteiger partial charge in [-0.2, -0.15) is 0 Å². The first-order valence-corrected chi connectivity index (χ1v) is 5.00. The van der Waals surface area contributed by atoms with Gasteiger partial charge in [-0.3, -0.25) is 4.79 Å². The van der Waals surface area contributed by atoms with Crippen LogP contribution in [-0.2, 0) is 4.79 Å². The van der Waals surface area contributed by atoms with E-state index in [0.29, 0.717) is 6.54 Å². The molecule has 7 heteroatoms. The zero-order valence-electron chi connectivity index (χ0n) is 9.46. The van der Waals surface area contributed by atoms with Gasteiger partial charge in [0.15, 0.2) is 0 Å². The Bertz CT molecular complexity index is 163. The Morgan fingerprint density at radius 3 is 1.88 bits per heavy atom. The summed E-state index contributed by atoms with van der Waals surface area (Å²) in [5.74, 6) is -0.396. The van der Waals surface area contributed by atoms with Crippen molar-refractivity contribution in [3.63, 3.8) is 0 Å². The molecule has 7 nitrogen and oxygen atoms in total. The van der Waals surface area contributed by atoms with Crippen molar-refractivity contribution >= 4 is 5.91 Å². The van der Waals surface area contributed by atoms with E-state index in [1.54, 1.807) is 0 Å². The van der Waals surface area contributed by atoms with Crippen molar-refractivity contribution < 1.29 is 25.2 Å². The van der Waals surface area contributed by atoms with Crippen molar-refractivity contribution in [1.82, 2.24) is 5.32 Å². The molecule has 1 atom stereocenters. The topological polar surface area (TPSA) is 136 Å². The quantitative estimate of drug-likeness (QED) is 0.305. The summed E-state index contributed by atoms with van der Waals surface area (Å²) < 4.78 is 0. The lowest BCUT2D eigenvalue weighted by atomic mass is 10.3. The summed E-state index contributed by atoms with van der Waals surface area (Å²) >= 11 is 0. The van der Waals surface area contributed by atoms with Crippen LogP contribution in [0, 0.1) is 0 Å². The van der Waals surface area contributed by atoms with Crippen LogP contribution in [0.3, 0.4) is 0 Å².